The first-order valence-electron chi connectivity index (χ1n) is 8.48. The number of alkyl halides is 1. The van der Waals surface area contributed by atoms with E-state index in [0.717, 1.165) is 17.9 Å². The van der Waals surface area contributed by atoms with Crippen LogP contribution in [0.25, 0.3) is 0 Å². The summed E-state index contributed by atoms with van der Waals surface area (Å²) in [5.74, 6) is -0.325. The van der Waals surface area contributed by atoms with Crippen LogP contribution in [-0.2, 0) is 24.4 Å². The van der Waals surface area contributed by atoms with Crippen molar-refractivity contribution in [2.75, 3.05) is 29.9 Å². The van der Waals surface area contributed by atoms with Crippen molar-refractivity contribution < 1.29 is 26.2 Å². The minimum absolute atomic E-state index is 0.0923. The highest BCUT2D eigenvalue weighted by Crippen LogP contribution is 2.18. The number of sulfonamides is 1. The predicted molar refractivity (Wildman–Crippen MR) is 103 cm³/mol. The molecule has 1 fully saturated rings. The second kappa shape index (κ2) is 10.0. The molecule has 0 radical (unpaired) electrons. The molecule has 1 heterocycles. The van der Waals surface area contributed by atoms with Gasteiger partial charge in [-0.25, -0.2) is 12.7 Å². The second-order valence-electron chi connectivity index (χ2n) is 6.06. The first-order chi connectivity index (χ1) is 12.8. The Hall–Kier alpha value is -0.950. The third-order valence-electron chi connectivity index (χ3n) is 4.00. The number of nitrogens with zero attached hydrogens (tertiary/aromatic N) is 2. The van der Waals surface area contributed by atoms with Gasteiger partial charge in [-0.2, -0.15) is 12.7 Å². The summed E-state index contributed by atoms with van der Waals surface area (Å²) in [5.41, 5.74) is 0.787. The smallest absolute Gasteiger partial charge is 0.311 e. The molecule has 1 aromatic rings. The lowest BCUT2D eigenvalue weighted by Gasteiger charge is -2.27. The fourth-order valence-electron chi connectivity index (χ4n) is 2.52. The van der Waals surface area contributed by atoms with Gasteiger partial charge in [0.2, 0.25) is 10.0 Å². The van der Waals surface area contributed by atoms with Gasteiger partial charge in [-0.1, -0.05) is 23.8 Å². The highest BCUT2D eigenvalue weighted by molar-refractivity contribution is 7.89. The van der Waals surface area contributed by atoms with Crippen molar-refractivity contribution in [3.63, 3.8) is 0 Å². The zero-order chi connectivity index (χ0) is 19.9. The fourth-order valence-corrected chi connectivity index (χ4v) is 4.94. The zero-order valence-electron chi connectivity index (χ0n) is 14.7. The number of rotatable bonds is 11. The van der Waals surface area contributed by atoms with Gasteiger partial charge in [-0.15, -0.1) is 11.6 Å². The molecule has 2 N–H and O–H groups in total. The normalized spacial score (nSPS) is 17.1. The Labute approximate surface area is 165 Å². The molecular formula is C15H24ClN3O6S2. The van der Waals surface area contributed by atoms with Crippen LogP contribution in [0.1, 0.15) is 25.7 Å². The molecule has 1 aromatic carbocycles. The van der Waals surface area contributed by atoms with Gasteiger partial charge < -0.3 is 5.11 Å². The number of halogens is 1. The van der Waals surface area contributed by atoms with Crippen LogP contribution in [0.15, 0.2) is 30.3 Å². The minimum atomic E-state index is -4.37. The number of benzene rings is 1. The first kappa shape index (κ1) is 22.3. The number of para-hydroxylation sites is 1. The van der Waals surface area contributed by atoms with Gasteiger partial charge in [0, 0.05) is 19.0 Å². The van der Waals surface area contributed by atoms with Crippen LogP contribution in [0.3, 0.4) is 0 Å². The van der Waals surface area contributed by atoms with Crippen LogP contribution in [0.5, 0.6) is 0 Å². The predicted octanol–water partition coefficient (Wildman–Crippen LogP) is 0.980. The van der Waals surface area contributed by atoms with E-state index in [4.69, 9.17) is 11.6 Å². The lowest BCUT2D eigenvalue weighted by molar-refractivity contribution is 0.155. The number of nitrogens with one attached hydrogen (secondary N) is 1. The zero-order valence-corrected chi connectivity index (χ0v) is 17.1. The van der Waals surface area contributed by atoms with Gasteiger partial charge in [0.1, 0.15) is 0 Å². The molecule has 0 bridgehead atoms. The molecule has 0 amide bonds. The summed E-state index contributed by atoms with van der Waals surface area (Å²) in [4.78, 5) is 0. The van der Waals surface area contributed by atoms with E-state index in [-0.39, 0.29) is 18.7 Å². The Morgan fingerprint density at radius 3 is 2.41 bits per heavy atom. The fraction of sp³-hybridized carbons (Fsp3) is 0.600. The van der Waals surface area contributed by atoms with Crippen molar-refractivity contribution in [1.29, 1.82) is 0 Å². The molecule has 0 spiro atoms. The van der Waals surface area contributed by atoms with E-state index in [1.807, 2.05) is 0 Å². The van der Waals surface area contributed by atoms with Crippen LogP contribution >= 0.6 is 11.6 Å². The molecule has 1 saturated heterocycles. The number of anilines is 1. The van der Waals surface area contributed by atoms with E-state index in [2.05, 4.69) is 9.87 Å². The van der Waals surface area contributed by atoms with E-state index < -0.39 is 31.5 Å². The van der Waals surface area contributed by atoms with Gasteiger partial charge in [0.15, 0.2) is 11.3 Å². The Bertz CT molecular complexity index is 785. The van der Waals surface area contributed by atoms with E-state index in [1.54, 1.807) is 30.3 Å². The van der Waals surface area contributed by atoms with Crippen molar-refractivity contribution in [2.24, 2.45) is 0 Å². The molecule has 1 aliphatic heterocycles. The highest BCUT2D eigenvalue weighted by Gasteiger charge is 2.30. The lowest BCUT2D eigenvalue weighted by atomic mass is 10.3. The summed E-state index contributed by atoms with van der Waals surface area (Å²) in [5, 5.41) is 10.8. The summed E-state index contributed by atoms with van der Waals surface area (Å²) in [6.07, 6.45) is 1.77. The molecule has 1 unspecified atom stereocenters. The highest BCUT2D eigenvalue weighted by atomic mass is 35.5. The number of aliphatic hydroxyl groups is 1. The molecular weight excluding hydrogens is 418 g/mol. The van der Waals surface area contributed by atoms with Gasteiger partial charge >= 0.3 is 10.1 Å². The molecule has 12 heteroatoms. The Morgan fingerprint density at radius 2 is 1.81 bits per heavy atom. The average molecular weight is 442 g/mol. The summed E-state index contributed by atoms with van der Waals surface area (Å²) < 4.78 is 55.3. The molecule has 1 atom stereocenters. The Morgan fingerprint density at radius 1 is 1.19 bits per heavy atom. The van der Waals surface area contributed by atoms with Crippen molar-refractivity contribution in [1.82, 2.24) is 9.89 Å². The molecule has 0 aromatic heterocycles. The van der Waals surface area contributed by atoms with E-state index >= 15 is 0 Å². The monoisotopic (exact) mass is 441 g/mol. The molecule has 27 heavy (non-hydrogen) atoms. The third-order valence-corrected chi connectivity index (χ3v) is 7.21. The summed E-state index contributed by atoms with van der Waals surface area (Å²) in [6, 6.07) is 8.30. The standard InChI is InChI=1S/C15H24ClN3O6S2/c16-10-6-9-15(20)27(23,24)25-17-19(14-7-2-1-3-8-14)13-26(21,22)18-11-4-5-12-18/h1-3,7-8,15,17,20H,4-6,9-13H2. The first-order valence-corrected chi connectivity index (χ1v) is 12.1. The van der Waals surface area contributed by atoms with Crippen LogP contribution in [0.4, 0.5) is 5.69 Å². The minimum Gasteiger partial charge on any atom is -0.375 e. The van der Waals surface area contributed by atoms with E-state index in [9.17, 15) is 21.9 Å². The third kappa shape index (κ3) is 6.56. The maximum atomic E-state index is 12.6. The summed E-state index contributed by atoms with van der Waals surface area (Å²) in [6.45, 7) is 0.864. The largest absolute Gasteiger partial charge is 0.375 e. The van der Waals surface area contributed by atoms with Gasteiger partial charge in [0.25, 0.3) is 0 Å². The number of hydrogen-bond donors (Lipinski definition) is 2. The van der Waals surface area contributed by atoms with E-state index in [0.29, 0.717) is 18.8 Å². The number of aliphatic hydroxyl groups excluding tert-OH is 1. The lowest BCUT2D eigenvalue weighted by Crippen LogP contribution is -2.47. The van der Waals surface area contributed by atoms with Crippen LogP contribution in [0.2, 0.25) is 0 Å². The van der Waals surface area contributed by atoms with Gasteiger partial charge in [-0.3, -0.25) is 5.01 Å². The second-order valence-corrected chi connectivity index (χ2v) is 10.1. The molecule has 2 rings (SSSR count). The Balaban J connectivity index is 2.12. The van der Waals surface area contributed by atoms with Crippen molar-refractivity contribution in [3.05, 3.63) is 30.3 Å². The SMILES string of the molecule is O=S(=O)(ONN(CS(=O)(=O)N1CCCC1)c1ccccc1)C(O)CCCCl. The molecule has 154 valence electrons. The maximum Gasteiger partial charge on any atom is 0.311 e. The van der Waals surface area contributed by atoms with Crippen LogP contribution < -0.4 is 10.6 Å². The van der Waals surface area contributed by atoms with Crippen LogP contribution in [0, 0.1) is 0 Å². The van der Waals surface area contributed by atoms with Crippen LogP contribution in [-0.4, -0.2) is 56.5 Å². The Kier molecular flexibility index (Phi) is 8.28. The number of hydrazine groups is 1. The van der Waals surface area contributed by atoms with E-state index in [1.165, 1.54) is 4.31 Å². The average Bonchev–Trinajstić information content (AvgIpc) is 3.19. The molecule has 0 aliphatic carbocycles. The van der Waals surface area contributed by atoms with Gasteiger partial charge in [-0.05, 0) is 37.8 Å². The van der Waals surface area contributed by atoms with Crippen molar-refractivity contribution in [2.45, 2.75) is 31.1 Å². The molecule has 1 aliphatic rings. The molecule has 0 saturated carbocycles. The molecule has 9 nitrogen and oxygen atoms in total. The van der Waals surface area contributed by atoms with Crippen molar-refractivity contribution >= 4 is 37.4 Å². The summed E-state index contributed by atoms with van der Waals surface area (Å²) in [7, 11) is -8.04. The quantitative estimate of drug-likeness (QED) is 0.385. The summed E-state index contributed by atoms with van der Waals surface area (Å²) >= 11 is 5.50. The van der Waals surface area contributed by atoms with Crippen molar-refractivity contribution in [3.8, 4) is 0 Å². The maximum absolute atomic E-state index is 12.6. The topological polar surface area (TPSA) is 116 Å². The number of hydrogen-bond acceptors (Lipinski definition) is 8. The van der Waals surface area contributed by atoms with Gasteiger partial charge in [0.05, 0.1) is 5.69 Å².